The molecule has 7 heteroatoms. The number of hydrogen-bond donors (Lipinski definition) is 1. The van der Waals surface area contributed by atoms with Gasteiger partial charge in [-0.05, 0) is 61.4 Å². The van der Waals surface area contributed by atoms with Crippen molar-refractivity contribution in [2.24, 2.45) is 4.40 Å². The van der Waals surface area contributed by atoms with Crippen molar-refractivity contribution >= 4 is 27.5 Å². The number of rotatable bonds is 4. The van der Waals surface area contributed by atoms with Gasteiger partial charge in [0, 0.05) is 25.7 Å². The molecule has 1 aliphatic heterocycles. The van der Waals surface area contributed by atoms with Gasteiger partial charge in [-0.25, -0.2) is 0 Å². The van der Waals surface area contributed by atoms with E-state index in [1.165, 1.54) is 17.7 Å². The second kappa shape index (κ2) is 9.22. The third kappa shape index (κ3) is 4.98. The molecule has 1 heterocycles. The topological polar surface area (TPSA) is 78.8 Å². The van der Waals surface area contributed by atoms with E-state index in [9.17, 15) is 13.2 Å². The lowest BCUT2D eigenvalue weighted by Gasteiger charge is -2.24. The molecular weight excluding hydrogens is 410 g/mol. The van der Waals surface area contributed by atoms with Crippen LogP contribution in [0.3, 0.4) is 0 Å². The Balaban J connectivity index is 1.54. The number of likely N-dealkylation sites (tertiary alicyclic amines) is 1. The largest absolute Gasteiger partial charge is 0.362 e. The lowest BCUT2D eigenvalue weighted by molar-refractivity contribution is -0.117. The molecule has 0 radical (unpaired) electrons. The number of nitrogens with zero attached hydrogens (tertiary/aromatic N) is 2. The molecule has 1 aliphatic carbocycles. The predicted molar refractivity (Wildman–Crippen MR) is 123 cm³/mol. The van der Waals surface area contributed by atoms with E-state index in [-0.39, 0.29) is 16.7 Å². The van der Waals surface area contributed by atoms with Gasteiger partial charge in [0.2, 0.25) is 5.91 Å². The van der Waals surface area contributed by atoms with Crippen LogP contribution < -0.4 is 5.32 Å². The third-order valence-electron chi connectivity index (χ3n) is 6.15. The summed E-state index contributed by atoms with van der Waals surface area (Å²) >= 11 is 0. The second-order valence-electron chi connectivity index (χ2n) is 8.38. The van der Waals surface area contributed by atoms with E-state index in [4.69, 9.17) is 0 Å². The van der Waals surface area contributed by atoms with Gasteiger partial charge in [-0.1, -0.05) is 36.8 Å². The molecule has 1 atom stereocenters. The molecule has 2 aromatic carbocycles. The van der Waals surface area contributed by atoms with Crippen molar-refractivity contribution in [3.05, 3.63) is 59.7 Å². The normalized spacial score (nSPS) is 20.7. The summed E-state index contributed by atoms with van der Waals surface area (Å²) in [6.07, 6.45) is 6.47. The summed E-state index contributed by atoms with van der Waals surface area (Å²) in [4.78, 5) is 15.0. The van der Waals surface area contributed by atoms with E-state index >= 15 is 0 Å². The standard InChI is InChI=1S/C24H29N3O3S/c1-27-16-6-2-3-15-23(27)26-31(29,30)20-12-8-11-19(17-20)25-24(28)22-14-7-10-18-9-4-5-13-21(18)22/h4-5,8-9,11-13,17,22H,2-3,6-7,10,14-16H2,1H3,(H,25,28)/b26-23-. The number of fused-ring (bicyclic) bond motifs is 1. The summed E-state index contributed by atoms with van der Waals surface area (Å²) in [6, 6.07) is 14.4. The molecule has 2 aromatic rings. The molecule has 1 N–H and O–H groups in total. The van der Waals surface area contributed by atoms with E-state index < -0.39 is 10.0 Å². The third-order valence-corrected chi connectivity index (χ3v) is 7.45. The highest BCUT2D eigenvalue weighted by molar-refractivity contribution is 7.90. The molecule has 0 spiro atoms. The van der Waals surface area contributed by atoms with Crippen molar-refractivity contribution in [3.8, 4) is 0 Å². The molecule has 164 valence electrons. The number of carbonyl (C=O) groups is 1. The first kappa shape index (κ1) is 21.6. The maximum atomic E-state index is 13.0. The SMILES string of the molecule is CN1CCCCC/C1=N/S(=O)(=O)c1cccc(NC(=O)C2CCCc3ccccc32)c1. The molecule has 4 rings (SSSR count). The summed E-state index contributed by atoms with van der Waals surface area (Å²) in [5.74, 6) is 0.285. The number of hydrogen-bond acceptors (Lipinski definition) is 3. The van der Waals surface area contributed by atoms with Gasteiger partial charge in [-0.15, -0.1) is 4.40 Å². The van der Waals surface area contributed by atoms with Crippen molar-refractivity contribution in [1.82, 2.24) is 4.90 Å². The van der Waals surface area contributed by atoms with E-state index in [2.05, 4.69) is 15.8 Å². The number of nitrogens with one attached hydrogen (secondary N) is 1. The van der Waals surface area contributed by atoms with E-state index in [0.717, 1.165) is 50.6 Å². The highest BCUT2D eigenvalue weighted by Gasteiger charge is 2.26. The Labute approximate surface area is 184 Å². The Hall–Kier alpha value is -2.67. The van der Waals surface area contributed by atoms with E-state index in [0.29, 0.717) is 17.9 Å². The van der Waals surface area contributed by atoms with Crippen molar-refractivity contribution in [2.75, 3.05) is 18.9 Å². The molecule has 1 saturated heterocycles. The van der Waals surface area contributed by atoms with Gasteiger partial charge in [-0.2, -0.15) is 8.42 Å². The predicted octanol–water partition coefficient (Wildman–Crippen LogP) is 4.34. The summed E-state index contributed by atoms with van der Waals surface area (Å²) < 4.78 is 30.0. The first-order valence-corrected chi connectivity index (χ1v) is 12.4. The number of anilines is 1. The summed E-state index contributed by atoms with van der Waals surface area (Å²) in [5, 5.41) is 2.93. The smallest absolute Gasteiger partial charge is 0.284 e. The maximum Gasteiger partial charge on any atom is 0.284 e. The van der Waals surface area contributed by atoms with Crippen LogP contribution in [0.5, 0.6) is 0 Å². The minimum atomic E-state index is -3.85. The zero-order valence-electron chi connectivity index (χ0n) is 17.9. The maximum absolute atomic E-state index is 13.0. The molecule has 6 nitrogen and oxygen atoms in total. The quantitative estimate of drug-likeness (QED) is 0.769. The highest BCUT2D eigenvalue weighted by Crippen LogP contribution is 2.32. The van der Waals surface area contributed by atoms with Gasteiger partial charge in [0.25, 0.3) is 10.0 Å². The Kier molecular flexibility index (Phi) is 6.41. The summed E-state index contributed by atoms with van der Waals surface area (Å²) in [7, 11) is -1.96. The van der Waals surface area contributed by atoms with Gasteiger partial charge in [0.1, 0.15) is 5.84 Å². The first-order valence-electron chi connectivity index (χ1n) is 11.0. The van der Waals surface area contributed by atoms with E-state index in [1.54, 1.807) is 12.1 Å². The van der Waals surface area contributed by atoms with Crippen LogP contribution in [0.15, 0.2) is 57.8 Å². The molecule has 1 fully saturated rings. The fourth-order valence-electron chi connectivity index (χ4n) is 4.43. The minimum Gasteiger partial charge on any atom is -0.362 e. The fourth-order valence-corrected chi connectivity index (χ4v) is 5.57. The lowest BCUT2D eigenvalue weighted by atomic mass is 9.82. The zero-order valence-corrected chi connectivity index (χ0v) is 18.7. The molecule has 0 saturated carbocycles. The minimum absolute atomic E-state index is 0.0968. The average Bonchev–Trinajstić information content (AvgIpc) is 2.97. The number of benzene rings is 2. The van der Waals surface area contributed by atoms with Crippen LogP contribution >= 0.6 is 0 Å². The van der Waals surface area contributed by atoms with Crippen LogP contribution in [0.4, 0.5) is 5.69 Å². The van der Waals surface area contributed by atoms with E-state index in [1.807, 2.05) is 30.1 Å². The van der Waals surface area contributed by atoms with Crippen LogP contribution in [0.1, 0.15) is 55.6 Å². The fraction of sp³-hybridized carbons (Fsp3) is 0.417. The number of amidine groups is 1. The van der Waals surface area contributed by atoms with Gasteiger partial charge >= 0.3 is 0 Å². The molecule has 1 unspecified atom stereocenters. The molecule has 0 aromatic heterocycles. The molecule has 31 heavy (non-hydrogen) atoms. The molecule has 0 bridgehead atoms. The van der Waals surface area contributed by atoms with Gasteiger partial charge in [-0.3, -0.25) is 4.79 Å². The Morgan fingerprint density at radius 1 is 1.03 bits per heavy atom. The Morgan fingerprint density at radius 3 is 2.74 bits per heavy atom. The lowest BCUT2D eigenvalue weighted by Crippen LogP contribution is -2.27. The van der Waals surface area contributed by atoms with Gasteiger partial charge < -0.3 is 10.2 Å². The average molecular weight is 440 g/mol. The summed E-state index contributed by atoms with van der Waals surface area (Å²) in [5.41, 5.74) is 2.76. The Morgan fingerprint density at radius 2 is 1.87 bits per heavy atom. The van der Waals surface area contributed by atoms with Crippen LogP contribution in [-0.2, 0) is 21.2 Å². The van der Waals surface area contributed by atoms with Crippen molar-refractivity contribution < 1.29 is 13.2 Å². The van der Waals surface area contributed by atoms with Crippen LogP contribution in [0.2, 0.25) is 0 Å². The number of sulfonamides is 1. The Bertz CT molecular complexity index is 1090. The van der Waals surface area contributed by atoms with Crippen LogP contribution in [-0.4, -0.2) is 38.7 Å². The second-order valence-corrected chi connectivity index (χ2v) is 9.98. The first-order chi connectivity index (χ1) is 14.9. The van der Waals surface area contributed by atoms with Crippen LogP contribution in [0.25, 0.3) is 0 Å². The van der Waals surface area contributed by atoms with Gasteiger partial charge in [0.05, 0.1) is 10.8 Å². The van der Waals surface area contributed by atoms with Crippen molar-refractivity contribution in [2.45, 2.75) is 55.8 Å². The highest BCUT2D eigenvalue weighted by atomic mass is 32.2. The van der Waals surface area contributed by atoms with Crippen molar-refractivity contribution in [3.63, 3.8) is 0 Å². The molecule has 2 aliphatic rings. The number of aryl methyl sites for hydroxylation is 1. The van der Waals surface area contributed by atoms with Crippen LogP contribution in [0, 0.1) is 0 Å². The number of amides is 1. The van der Waals surface area contributed by atoms with Gasteiger partial charge in [0.15, 0.2) is 0 Å². The molecule has 1 amide bonds. The molecular formula is C24H29N3O3S. The summed E-state index contributed by atoms with van der Waals surface area (Å²) in [6.45, 7) is 0.813. The van der Waals surface area contributed by atoms with Crippen molar-refractivity contribution in [1.29, 1.82) is 0 Å². The number of carbonyl (C=O) groups excluding carboxylic acids is 1. The monoisotopic (exact) mass is 439 g/mol. The zero-order chi connectivity index (χ0) is 21.8.